The van der Waals surface area contributed by atoms with Crippen molar-refractivity contribution in [3.8, 4) is 6.07 Å². The van der Waals surface area contributed by atoms with Gasteiger partial charge in [-0.1, -0.05) is 18.2 Å². The molecule has 0 unspecified atom stereocenters. The lowest BCUT2D eigenvalue weighted by Crippen LogP contribution is -2.41. The maximum Gasteiger partial charge on any atom is 0.310 e. The number of rotatable bonds is 3. The van der Waals surface area contributed by atoms with E-state index in [0.29, 0.717) is 31.5 Å². The maximum atomic E-state index is 12.3. The minimum absolute atomic E-state index is 0.00947. The largest absolute Gasteiger partial charge is 0.444 e. The minimum Gasteiger partial charge on any atom is -0.444 e. The van der Waals surface area contributed by atoms with Crippen molar-refractivity contribution in [1.29, 1.82) is 5.26 Å². The first kappa shape index (κ1) is 16.0. The van der Waals surface area contributed by atoms with E-state index in [-0.39, 0.29) is 17.8 Å². The van der Waals surface area contributed by atoms with Gasteiger partial charge >= 0.3 is 5.97 Å². The standard InChI is InChI=1S/C17H20N2O3/c1-17(2,12-18)22-16(21)14-8-10-19(11-9-14)15(20)13-6-4-3-5-7-13/h3-7,14H,8-11H2,1-2H3. The second-order valence-corrected chi connectivity index (χ2v) is 5.98. The smallest absolute Gasteiger partial charge is 0.310 e. The van der Waals surface area contributed by atoms with Gasteiger partial charge in [-0.15, -0.1) is 0 Å². The SMILES string of the molecule is CC(C)(C#N)OC(=O)C1CCN(C(=O)c2ccccc2)CC1. The molecule has 0 bridgehead atoms. The lowest BCUT2D eigenvalue weighted by atomic mass is 9.96. The Morgan fingerprint density at radius 1 is 1.23 bits per heavy atom. The van der Waals surface area contributed by atoms with Crippen LogP contribution in [0.1, 0.15) is 37.0 Å². The van der Waals surface area contributed by atoms with Crippen LogP contribution in [0.3, 0.4) is 0 Å². The van der Waals surface area contributed by atoms with Crippen LogP contribution in [0.5, 0.6) is 0 Å². The Kier molecular flexibility index (Phi) is 4.81. The molecule has 1 fully saturated rings. The summed E-state index contributed by atoms with van der Waals surface area (Å²) in [5, 5.41) is 8.90. The Balaban J connectivity index is 1.90. The van der Waals surface area contributed by atoms with Gasteiger partial charge in [0.2, 0.25) is 0 Å². The molecule has 1 heterocycles. The van der Waals surface area contributed by atoms with Crippen LogP contribution in [0, 0.1) is 17.2 Å². The van der Waals surface area contributed by atoms with Gasteiger partial charge in [-0.25, -0.2) is 0 Å². The fourth-order valence-electron chi connectivity index (χ4n) is 2.44. The highest BCUT2D eigenvalue weighted by Gasteiger charge is 2.32. The molecule has 0 spiro atoms. The first-order chi connectivity index (χ1) is 10.4. The summed E-state index contributed by atoms with van der Waals surface area (Å²) in [6, 6.07) is 11.1. The Morgan fingerprint density at radius 2 is 1.82 bits per heavy atom. The number of nitriles is 1. The lowest BCUT2D eigenvalue weighted by Gasteiger charge is -2.32. The van der Waals surface area contributed by atoms with Gasteiger partial charge in [-0.3, -0.25) is 9.59 Å². The van der Waals surface area contributed by atoms with E-state index in [9.17, 15) is 9.59 Å². The molecule has 0 saturated carbocycles. The Morgan fingerprint density at radius 3 is 2.36 bits per heavy atom. The normalized spacial score (nSPS) is 16.0. The monoisotopic (exact) mass is 300 g/mol. The molecule has 0 aliphatic carbocycles. The number of likely N-dealkylation sites (tertiary alicyclic amines) is 1. The van der Waals surface area contributed by atoms with Crippen molar-refractivity contribution in [3.63, 3.8) is 0 Å². The van der Waals surface area contributed by atoms with Gasteiger partial charge < -0.3 is 9.64 Å². The zero-order valence-electron chi connectivity index (χ0n) is 12.9. The third-order valence-corrected chi connectivity index (χ3v) is 3.76. The summed E-state index contributed by atoms with van der Waals surface area (Å²) in [5.74, 6) is -0.601. The Labute approximate surface area is 130 Å². The van der Waals surface area contributed by atoms with Crippen molar-refractivity contribution in [2.45, 2.75) is 32.3 Å². The number of amides is 1. The van der Waals surface area contributed by atoms with Gasteiger partial charge in [-0.05, 0) is 38.8 Å². The third-order valence-electron chi connectivity index (χ3n) is 3.76. The van der Waals surface area contributed by atoms with Crippen molar-refractivity contribution in [1.82, 2.24) is 4.90 Å². The molecule has 0 radical (unpaired) electrons. The Bertz CT molecular complexity index is 582. The molecule has 5 nitrogen and oxygen atoms in total. The highest BCUT2D eigenvalue weighted by atomic mass is 16.6. The van der Waals surface area contributed by atoms with Gasteiger partial charge in [0.25, 0.3) is 5.91 Å². The molecule has 0 atom stereocenters. The number of hydrogen-bond donors (Lipinski definition) is 0. The Hall–Kier alpha value is -2.35. The number of esters is 1. The number of nitrogens with zero attached hydrogens (tertiary/aromatic N) is 2. The van der Waals surface area contributed by atoms with Gasteiger partial charge in [0.1, 0.15) is 6.07 Å². The average molecular weight is 300 g/mol. The van der Waals surface area contributed by atoms with E-state index in [1.54, 1.807) is 30.9 Å². The predicted octanol–water partition coefficient (Wildman–Crippen LogP) is 2.38. The number of ether oxygens (including phenoxy) is 1. The molecule has 1 aliphatic rings. The molecular formula is C17H20N2O3. The van der Waals surface area contributed by atoms with Gasteiger partial charge in [-0.2, -0.15) is 5.26 Å². The quantitative estimate of drug-likeness (QED) is 0.804. The van der Waals surface area contributed by atoms with Crippen LogP contribution in [-0.2, 0) is 9.53 Å². The lowest BCUT2D eigenvalue weighted by molar-refractivity contribution is -0.158. The molecule has 5 heteroatoms. The van der Waals surface area contributed by atoms with Crippen molar-refractivity contribution in [3.05, 3.63) is 35.9 Å². The average Bonchev–Trinajstić information content (AvgIpc) is 2.55. The van der Waals surface area contributed by atoms with E-state index in [1.807, 2.05) is 24.3 Å². The summed E-state index contributed by atoms with van der Waals surface area (Å²) >= 11 is 0. The number of piperidine rings is 1. The van der Waals surface area contributed by atoms with Crippen molar-refractivity contribution < 1.29 is 14.3 Å². The molecule has 0 N–H and O–H groups in total. The fraction of sp³-hybridized carbons (Fsp3) is 0.471. The number of carbonyl (C=O) groups excluding carboxylic acids is 2. The molecule has 1 saturated heterocycles. The molecule has 0 aromatic heterocycles. The highest BCUT2D eigenvalue weighted by molar-refractivity contribution is 5.94. The van der Waals surface area contributed by atoms with Crippen LogP contribution in [0.25, 0.3) is 0 Å². The second kappa shape index (κ2) is 6.61. The number of hydrogen-bond acceptors (Lipinski definition) is 4. The van der Waals surface area contributed by atoms with E-state index in [1.165, 1.54) is 0 Å². The van der Waals surface area contributed by atoms with Gasteiger partial charge in [0.05, 0.1) is 5.92 Å². The summed E-state index contributed by atoms with van der Waals surface area (Å²) in [7, 11) is 0. The van der Waals surface area contributed by atoms with E-state index in [4.69, 9.17) is 10.00 Å². The van der Waals surface area contributed by atoms with Crippen molar-refractivity contribution in [2.24, 2.45) is 5.92 Å². The summed E-state index contributed by atoms with van der Waals surface area (Å²) in [5.41, 5.74) is -0.442. The molecule has 1 amide bonds. The summed E-state index contributed by atoms with van der Waals surface area (Å²) in [6.07, 6.45) is 1.14. The molecule has 22 heavy (non-hydrogen) atoms. The summed E-state index contributed by atoms with van der Waals surface area (Å²) < 4.78 is 5.20. The van der Waals surface area contributed by atoms with Crippen LogP contribution in [-0.4, -0.2) is 35.5 Å². The maximum absolute atomic E-state index is 12.3. The highest BCUT2D eigenvalue weighted by Crippen LogP contribution is 2.22. The molecule has 2 rings (SSSR count). The summed E-state index contributed by atoms with van der Waals surface area (Å²) in [6.45, 7) is 4.19. The second-order valence-electron chi connectivity index (χ2n) is 5.98. The molecule has 1 aromatic carbocycles. The van der Waals surface area contributed by atoms with E-state index in [2.05, 4.69) is 0 Å². The molecular weight excluding hydrogens is 280 g/mol. The van der Waals surface area contributed by atoms with Crippen LogP contribution >= 0.6 is 0 Å². The van der Waals surface area contributed by atoms with Gasteiger partial charge in [0, 0.05) is 18.7 Å². The molecule has 1 aliphatic heterocycles. The zero-order valence-corrected chi connectivity index (χ0v) is 12.9. The van der Waals surface area contributed by atoms with Crippen LogP contribution < -0.4 is 0 Å². The zero-order chi connectivity index (χ0) is 16.2. The van der Waals surface area contributed by atoms with Crippen molar-refractivity contribution in [2.75, 3.05) is 13.1 Å². The summed E-state index contributed by atoms with van der Waals surface area (Å²) in [4.78, 5) is 26.1. The number of benzene rings is 1. The fourth-order valence-corrected chi connectivity index (χ4v) is 2.44. The van der Waals surface area contributed by atoms with Crippen LogP contribution in [0.4, 0.5) is 0 Å². The molecule has 116 valence electrons. The van der Waals surface area contributed by atoms with Crippen LogP contribution in [0.2, 0.25) is 0 Å². The first-order valence-corrected chi connectivity index (χ1v) is 7.41. The van der Waals surface area contributed by atoms with E-state index in [0.717, 1.165) is 0 Å². The van der Waals surface area contributed by atoms with E-state index < -0.39 is 5.60 Å². The predicted molar refractivity (Wildman–Crippen MR) is 80.9 cm³/mol. The first-order valence-electron chi connectivity index (χ1n) is 7.41. The van der Waals surface area contributed by atoms with Gasteiger partial charge in [0.15, 0.2) is 5.60 Å². The van der Waals surface area contributed by atoms with E-state index >= 15 is 0 Å². The third kappa shape index (κ3) is 3.85. The molecule has 1 aromatic rings. The topological polar surface area (TPSA) is 70.4 Å². The van der Waals surface area contributed by atoms with Crippen molar-refractivity contribution >= 4 is 11.9 Å². The van der Waals surface area contributed by atoms with Crippen LogP contribution in [0.15, 0.2) is 30.3 Å². The number of carbonyl (C=O) groups is 2. The minimum atomic E-state index is -1.10.